The van der Waals surface area contributed by atoms with Crippen LogP contribution in [0, 0.1) is 5.82 Å². The number of pyridine rings is 1. The molecule has 6 heteroatoms. The van der Waals surface area contributed by atoms with E-state index in [9.17, 15) is 4.39 Å². The second-order valence-corrected chi connectivity index (χ2v) is 5.14. The molecular formula is C14H13Cl2FN2O. The fourth-order valence-electron chi connectivity index (χ4n) is 1.89. The molecule has 2 rings (SSSR count). The number of aromatic nitrogens is 1. The number of ether oxygens (including phenoxy) is 1. The summed E-state index contributed by atoms with van der Waals surface area (Å²) in [4.78, 5) is 4.12. The molecule has 0 aliphatic rings. The van der Waals surface area contributed by atoms with E-state index in [1.807, 2.05) is 0 Å². The molecule has 0 spiro atoms. The van der Waals surface area contributed by atoms with Gasteiger partial charge in [0.05, 0.1) is 28.9 Å². The Morgan fingerprint density at radius 2 is 2.10 bits per heavy atom. The molecule has 1 atom stereocenters. The van der Waals surface area contributed by atoms with Crippen LogP contribution in [0.4, 0.5) is 4.39 Å². The monoisotopic (exact) mass is 314 g/mol. The number of rotatable bonds is 4. The Morgan fingerprint density at radius 1 is 1.35 bits per heavy atom. The first-order valence-electron chi connectivity index (χ1n) is 5.90. The molecular weight excluding hydrogens is 302 g/mol. The molecule has 2 aromatic rings. The van der Waals surface area contributed by atoms with Crippen LogP contribution in [0.5, 0.6) is 5.75 Å². The predicted molar refractivity (Wildman–Crippen MR) is 77.8 cm³/mol. The standard InChI is InChI=1S/C14H13Cl2FN2O/c1-20-13-3-2-8(4-11(13)17)5-12(18)14-10(16)6-9(15)7-19-14/h2-4,6-7,12H,5,18H2,1H3. The largest absolute Gasteiger partial charge is 0.494 e. The van der Waals surface area contributed by atoms with Crippen LogP contribution in [0.15, 0.2) is 30.5 Å². The van der Waals surface area contributed by atoms with Crippen molar-refractivity contribution in [3.63, 3.8) is 0 Å². The van der Waals surface area contributed by atoms with Crippen LogP contribution in [0.2, 0.25) is 10.0 Å². The van der Waals surface area contributed by atoms with Crippen LogP contribution in [-0.4, -0.2) is 12.1 Å². The summed E-state index contributed by atoms with van der Waals surface area (Å²) in [5, 5.41) is 0.848. The molecule has 0 saturated carbocycles. The minimum atomic E-state index is -0.437. The van der Waals surface area contributed by atoms with Gasteiger partial charge in [-0.1, -0.05) is 29.3 Å². The fourth-order valence-corrected chi connectivity index (χ4v) is 2.41. The molecule has 3 nitrogen and oxygen atoms in total. The summed E-state index contributed by atoms with van der Waals surface area (Å²) in [6, 6.07) is 5.86. The number of methoxy groups -OCH3 is 1. The summed E-state index contributed by atoms with van der Waals surface area (Å²) in [6.45, 7) is 0. The number of benzene rings is 1. The van der Waals surface area contributed by atoms with E-state index in [0.29, 0.717) is 22.2 Å². The smallest absolute Gasteiger partial charge is 0.165 e. The van der Waals surface area contributed by atoms with Crippen LogP contribution < -0.4 is 10.5 Å². The van der Waals surface area contributed by atoms with Crippen molar-refractivity contribution in [2.75, 3.05) is 7.11 Å². The normalized spacial score (nSPS) is 12.2. The topological polar surface area (TPSA) is 48.1 Å². The summed E-state index contributed by atoms with van der Waals surface area (Å²) < 4.78 is 18.5. The lowest BCUT2D eigenvalue weighted by atomic mass is 10.0. The lowest BCUT2D eigenvalue weighted by Gasteiger charge is -2.13. The Kier molecular flexibility index (Phi) is 4.81. The minimum Gasteiger partial charge on any atom is -0.494 e. The molecule has 20 heavy (non-hydrogen) atoms. The highest BCUT2D eigenvalue weighted by atomic mass is 35.5. The zero-order valence-electron chi connectivity index (χ0n) is 10.7. The maximum absolute atomic E-state index is 13.6. The Labute approximate surface area is 126 Å². The summed E-state index contributed by atoms with van der Waals surface area (Å²) in [5.41, 5.74) is 7.33. The van der Waals surface area contributed by atoms with E-state index >= 15 is 0 Å². The highest BCUT2D eigenvalue weighted by molar-refractivity contribution is 6.34. The van der Waals surface area contributed by atoms with Crippen molar-refractivity contribution in [3.8, 4) is 5.75 Å². The lowest BCUT2D eigenvalue weighted by molar-refractivity contribution is 0.386. The third kappa shape index (κ3) is 3.39. The number of hydrogen-bond acceptors (Lipinski definition) is 3. The van der Waals surface area contributed by atoms with Crippen LogP contribution in [0.3, 0.4) is 0 Å². The van der Waals surface area contributed by atoms with Gasteiger partial charge in [-0.3, -0.25) is 4.98 Å². The van der Waals surface area contributed by atoms with Crippen molar-refractivity contribution in [1.29, 1.82) is 0 Å². The van der Waals surface area contributed by atoms with Crippen molar-refractivity contribution < 1.29 is 9.13 Å². The second-order valence-electron chi connectivity index (χ2n) is 4.30. The van der Waals surface area contributed by atoms with Gasteiger partial charge in [-0.15, -0.1) is 0 Å². The minimum absolute atomic E-state index is 0.199. The average molecular weight is 315 g/mol. The highest BCUT2D eigenvalue weighted by Crippen LogP contribution is 2.26. The number of hydrogen-bond donors (Lipinski definition) is 1. The van der Waals surface area contributed by atoms with Gasteiger partial charge in [-0.2, -0.15) is 0 Å². The van der Waals surface area contributed by atoms with Gasteiger partial charge in [0.15, 0.2) is 11.6 Å². The third-order valence-corrected chi connectivity index (χ3v) is 3.37. The van der Waals surface area contributed by atoms with Gasteiger partial charge in [-0.25, -0.2) is 4.39 Å². The van der Waals surface area contributed by atoms with Gasteiger partial charge < -0.3 is 10.5 Å². The molecule has 0 saturated heterocycles. The third-order valence-electron chi connectivity index (χ3n) is 2.86. The van der Waals surface area contributed by atoms with Crippen molar-refractivity contribution >= 4 is 23.2 Å². The van der Waals surface area contributed by atoms with E-state index in [1.165, 1.54) is 19.4 Å². The number of nitrogens with two attached hydrogens (primary N) is 1. The molecule has 0 aliphatic heterocycles. The van der Waals surface area contributed by atoms with Crippen molar-refractivity contribution in [2.24, 2.45) is 5.73 Å². The SMILES string of the molecule is COc1ccc(CC(N)c2ncc(Cl)cc2Cl)cc1F. The molecule has 1 aromatic heterocycles. The predicted octanol–water partition coefficient (Wildman–Crippen LogP) is 3.78. The van der Waals surface area contributed by atoms with Crippen molar-refractivity contribution in [1.82, 2.24) is 4.98 Å². The van der Waals surface area contributed by atoms with Gasteiger partial charge >= 0.3 is 0 Å². The molecule has 0 amide bonds. The number of nitrogens with zero attached hydrogens (tertiary/aromatic N) is 1. The van der Waals surface area contributed by atoms with Gasteiger partial charge in [-0.05, 0) is 30.2 Å². The zero-order chi connectivity index (χ0) is 14.7. The first kappa shape index (κ1) is 15.0. The van der Waals surface area contributed by atoms with E-state index in [2.05, 4.69) is 4.98 Å². The Balaban J connectivity index is 2.18. The summed E-state index contributed by atoms with van der Waals surface area (Å²) in [7, 11) is 1.42. The van der Waals surface area contributed by atoms with E-state index in [4.69, 9.17) is 33.7 Å². The summed E-state index contributed by atoms with van der Waals surface area (Å²) in [6.07, 6.45) is 1.90. The summed E-state index contributed by atoms with van der Waals surface area (Å²) >= 11 is 11.8. The second kappa shape index (κ2) is 6.39. The van der Waals surface area contributed by atoms with Crippen LogP contribution >= 0.6 is 23.2 Å². The molecule has 0 bridgehead atoms. The zero-order valence-corrected chi connectivity index (χ0v) is 12.2. The summed E-state index contributed by atoms with van der Waals surface area (Å²) in [5.74, 6) is -0.225. The lowest BCUT2D eigenvalue weighted by Crippen LogP contribution is -2.15. The van der Waals surface area contributed by atoms with Gasteiger partial charge in [0.25, 0.3) is 0 Å². The van der Waals surface area contributed by atoms with Crippen molar-refractivity contribution in [2.45, 2.75) is 12.5 Å². The Bertz CT molecular complexity index is 622. The van der Waals surface area contributed by atoms with E-state index in [1.54, 1.807) is 18.2 Å². The Hall–Kier alpha value is -1.36. The highest BCUT2D eigenvalue weighted by Gasteiger charge is 2.14. The van der Waals surface area contributed by atoms with Gasteiger partial charge in [0.1, 0.15) is 0 Å². The average Bonchev–Trinajstić information content (AvgIpc) is 2.38. The van der Waals surface area contributed by atoms with Gasteiger partial charge in [0, 0.05) is 6.20 Å². The first-order valence-corrected chi connectivity index (χ1v) is 6.65. The van der Waals surface area contributed by atoms with E-state index in [0.717, 1.165) is 5.56 Å². The maximum Gasteiger partial charge on any atom is 0.165 e. The van der Waals surface area contributed by atoms with E-state index in [-0.39, 0.29) is 5.75 Å². The molecule has 0 fully saturated rings. The van der Waals surface area contributed by atoms with Gasteiger partial charge in [0.2, 0.25) is 0 Å². The molecule has 1 heterocycles. The maximum atomic E-state index is 13.6. The Morgan fingerprint density at radius 3 is 2.70 bits per heavy atom. The first-order chi connectivity index (χ1) is 9.51. The fraction of sp³-hybridized carbons (Fsp3) is 0.214. The molecule has 0 aliphatic carbocycles. The van der Waals surface area contributed by atoms with Crippen molar-refractivity contribution in [3.05, 3.63) is 57.6 Å². The molecule has 106 valence electrons. The van der Waals surface area contributed by atoms with E-state index < -0.39 is 11.9 Å². The van der Waals surface area contributed by atoms with Crippen LogP contribution in [0.25, 0.3) is 0 Å². The molecule has 2 N–H and O–H groups in total. The van der Waals surface area contributed by atoms with Crippen LogP contribution in [-0.2, 0) is 6.42 Å². The molecule has 1 unspecified atom stereocenters. The molecule has 0 radical (unpaired) electrons. The number of halogens is 3. The van der Waals surface area contributed by atoms with Crippen LogP contribution in [0.1, 0.15) is 17.3 Å². The quantitative estimate of drug-likeness (QED) is 0.934. The molecule has 1 aromatic carbocycles.